The zero-order valence-electron chi connectivity index (χ0n) is 20.4. The van der Waals surface area contributed by atoms with Crippen LogP contribution < -0.4 is 9.47 Å². The van der Waals surface area contributed by atoms with E-state index in [0.29, 0.717) is 12.6 Å². The fourth-order valence-electron chi connectivity index (χ4n) is 5.40. The van der Waals surface area contributed by atoms with Gasteiger partial charge in [0.25, 0.3) is 0 Å². The van der Waals surface area contributed by atoms with E-state index in [9.17, 15) is 0 Å². The summed E-state index contributed by atoms with van der Waals surface area (Å²) in [5.41, 5.74) is 4.20. The lowest BCUT2D eigenvalue weighted by molar-refractivity contribution is 0.206. The Bertz CT molecular complexity index is 1310. The highest BCUT2D eigenvalue weighted by molar-refractivity contribution is 5.78. The van der Waals surface area contributed by atoms with Crippen LogP contribution in [0.4, 0.5) is 0 Å². The van der Waals surface area contributed by atoms with Crippen molar-refractivity contribution in [3.8, 4) is 22.6 Å². The van der Waals surface area contributed by atoms with E-state index in [1.165, 1.54) is 13.1 Å². The van der Waals surface area contributed by atoms with Crippen molar-refractivity contribution in [1.29, 1.82) is 0 Å². The summed E-state index contributed by atoms with van der Waals surface area (Å²) in [6, 6.07) is 29.6. The van der Waals surface area contributed by atoms with Crippen molar-refractivity contribution >= 4 is 10.9 Å². The second-order valence-corrected chi connectivity index (χ2v) is 10.2. The van der Waals surface area contributed by atoms with Gasteiger partial charge in [0.2, 0.25) is 0 Å². The van der Waals surface area contributed by atoms with Gasteiger partial charge in [0.1, 0.15) is 18.1 Å². The Labute approximate surface area is 207 Å². The van der Waals surface area contributed by atoms with Crippen LogP contribution in [0, 0.1) is 17.8 Å². The molecule has 1 saturated heterocycles. The molecule has 0 spiro atoms. The molecule has 4 nitrogen and oxygen atoms in total. The number of rotatable bonds is 8. The summed E-state index contributed by atoms with van der Waals surface area (Å²) >= 11 is 0. The Morgan fingerprint density at radius 1 is 0.800 bits per heavy atom. The maximum Gasteiger partial charge on any atom is 0.130 e. The molecular formula is C31H32N2O2. The van der Waals surface area contributed by atoms with Crippen molar-refractivity contribution in [3.05, 3.63) is 90.6 Å². The van der Waals surface area contributed by atoms with Crippen molar-refractivity contribution in [3.63, 3.8) is 0 Å². The third-order valence-electron chi connectivity index (χ3n) is 7.64. The molecule has 35 heavy (non-hydrogen) atoms. The van der Waals surface area contributed by atoms with Gasteiger partial charge in [-0.15, -0.1) is 0 Å². The van der Waals surface area contributed by atoms with Crippen LogP contribution in [0.2, 0.25) is 0 Å². The molecule has 0 radical (unpaired) electrons. The summed E-state index contributed by atoms with van der Waals surface area (Å²) in [6.45, 7) is 8.35. The van der Waals surface area contributed by atoms with Crippen LogP contribution in [-0.4, -0.2) is 35.6 Å². The van der Waals surface area contributed by atoms with E-state index in [0.717, 1.165) is 63.6 Å². The average molecular weight is 465 g/mol. The van der Waals surface area contributed by atoms with Crippen LogP contribution >= 0.6 is 0 Å². The van der Waals surface area contributed by atoms with Gasteiger partial charge < -0.3 is 14.4 Å². The highest BCUT2D eigenvalue weighted by Crippen LogP contribution is 2.52. The van der Waals surface area contributed by atoms with E-state index in [1.807, 2.05) is 36.4 Å². The molecule has 1 aliphatic heterocycles. The molecule has 4 heteroatoms. The third kappa shape index (κ3) is 4.76. The van der Waals surface area contributed by atoms with Gasteiger partial charge in [-0.2, -0.15) is 0 Å². The molecule has 1 saturated carbocycles. The van der Waals surface area contributed by atoms with Crippen molar-refractivity contribution in [2.75, 3.05) is 19.7 Å². The molecule has 0 amide bonds. The summed E-state index contributed by atoms with van der Waals surface area (Å²) in [5.74, 6) is 4.20. The molecule has 2 aliphatic rings. The van der Waals surface area contributed by atoms with Crippen LogP contribution in [0.5, 0.6) is 11.5 Å². The summed E-state index contributed by atoms with van der Waals surface area (Å²) in [5, 5.41) is 1.14. The number of para-hydroxylation sites is 1. The molecule has 178 valence electrons. The van der Waals surface area contributed by atoms with E-state index < -0.39 is 0 Å². The van der Waals surface area contributed by atoms with Gasteiger partial charge in [0.15, 0.2) is 0 Å². The maximum absolute atomic E-state index is 6.14. The highest BCUT2D eigenvalue weighted by atomic mass is 16.5. The zero-order valence-corrected chi connectivity index (χ0v) is 20.4. The number of ether oxygens (including phenoxy) is 2. The molecule has 2 heterocycles. The van der Waals surface area contributed by atoms with E-state index in [1.54, 1.807) is 0 Å². The Kier molecular flexibility index (Phi) is 5.91. The molecule has 1 aliphatic carbocycles. The first kappa shape index (κ1) is 22.1. The van der Waals surface area contributed by atoms with Gasteiger partial charge in [-0.3, -0.25) is 0 Å². The second-order valence-electron chi connectivity index (χ2n) is 10.2. The number of nitrogens with zero attached hydrogens (tertiary/aromatic N) is 2. The predicted octanol–water partition coefficient (Wildman–Crippen LogP) is 6.45. The predicted molar refractivity (Wildman–Crippen MR) is 141 cm³/mol. The van der Waals surface area contributed by atoms with E-state index in [-0.39, 0.29) is 0 Å². The Balaban J connectivity index is 1.04. The SMILES string of the molecule is CC(C)N1CC2C(COc3ccc(-c4cccc(OCc5ccc6ccccc6n5)c4)cc3)C2C1. The Morgan fingerprint density at radius 2 is 1.60 bits per heavy atom. The van der Waals surface area contributed by atoms with Crippen molar-refractivity contribution in [1.82, 2.24) is 9.88 Å². The van der Waals surface area contributed by atoms with E-state index >= 15 is 0 Å². The number of piperidine rings is 1. The first-order valence-corrected chi connectivity index (χ1v) is 12.7. The van der Waals surface area contributed by atoms with Crippen LogP contribution in [0.15, 0.2) is 84.9 Å². The molecule has 2 fully saturated rings. The fraction of sp³-hybridized carbons (Fsp3) is 0.323. The summed E-state index contributed by atoms with van der Waals surface area (Å²) in [6.07, 6.45) is 0. The summed E-state index contributed by atoms with van der Waals surface area (Å²) in [7, 11) is 0. The molecular weight excluding hydrogens is 432 g/mol. The lowest BCUT2D eigenvalue weighted by atomic mass is 10.1. The molecule has 2 unspecified atom stereocenters. The minimum absolute atomic E-state index is 0.444. The maximum atomic E-state index is 6.14. The minimum atomic E-state index is 0.444. The zero-order chi connectivity index (χ0) is 23.8. The topological polar surface area (TPSA) is 34.6 Å². The van der Waals surface area contributed by atoms with Crippen LogP contribution in [-0.2, 0) is 6.61 Å². The molecule has 0 N–H and O–H groups in total. The van der Waals surface area contributed by atoms with Gasteiger partial charge in [-0.1, -0.05) is 48.5 Å². The van der Waals surface area contributed by atoms with Crippen molar-refractivity contribution in [2.45, 2.75) is 26.5 Å². The van der Waals surface area contributed by atoms with Crippen molar-refractivity contribution < 1.29 is 9.47 Å². The molecule has 0 bridgehead atoms. The largest absolute Gasteiger partial charge is 0.493 e. The summed E-state index contributed by atoms with van der Waals surface area (Å²) in [4.78, 5) is 7.30. The number of aromatic nitrogens is 1. The molecule has 2 atom stereocenters. The van der Waals surface area contributed by atoms with Gasteiger partial charge >= 0.3 is 0 Å². The van der Waals surface area contributed by atoms with Crippen LogP contribution in [0.25, 0.3) is 22.0 Å². The normalized spacial score (nSPS) is 21.3. The monoisotopic (exact) mass is 464 g/mol. The van der Waals surface area contributed by atoms with Crippen LogP contribution in [0.3, 0.4) is 0 Å². The van der Waals surface area contributed by atoms with E-state index in [4.69, 9.17) is 14.5 Å². The number of likely N-dealkylation sites (tertiary alicyclic amines) is 1. The smallest absolute Gasteiger partial charge is 0.130 e. The van der Waals surface area contributed by atoms with Crippen molar-refractivity contribution in [2.24, 2.45) is 17.8 Å². The fourth-order valence-corrected chi connectivity index (χ4v) is 5.40. The van der Waals surface area contributed by atoms with E-state index in [2.05, 4.69) is 67.3 Å². The number of pyridine rings is 1. The standard InChI is InChI=1S/C31H32N2O2/c1-21(2)33-17-28-29(18-33)30(28)20-35-26-14-11-22(12-15-26)24-7-5-8-27(16-24)34-19-25-13-10-23-6-3-4-9-31(23)32-25/h3-16,21,28-30H,17-20H2,1-2H3. The average Bonchev–Trinajstić information content (AvgIpc) is 3.34. The van der Waals surface area contributed by atoms with Gasteiger partial charge in [0, 0.05) is 30.4 Å². The first-order valence-electron chi connectivity index (χ1n) is 12.7. The number of hydrogen-bond donors (Lipinski definition) is 0. The minimum Gasteiger partial charge on any atom is -0.493 e. The van der Waals surface area contributed by atoms with Gasteiger partial charge in [0.05, 0.1) is 17.8 Å². The first-order chi connectivity index (χ1) is 17.1. The van der Waals surface area contributed by atoms with Gasteiger partial charge in [-0.25, -0.2) is 4.98 Å². The highest BCUT2D eigenvalue weighted by Gasteiger charge is 2.56. The number of fused-ring (bicyclic) bond motifs is 2. The third-order valence-corrected chi connectivity index (χ3v) is 7.64. The van der Waals surface area contributed by atoms with Crippen LogP contribution in [0.1, 0.15) is 19.5 Å². The number of hydrogen-bond acceptors (Lipinski definition) is 4. The Hall–Kier alpha value is -3.37. The lowest BCUT2D eigenvalue weighted by Gasteiger charge is -2.23. The lowest BCUT2D eigenvalue weighted by Crippen LogP contribution is -2.31. The molecule has 3 aromatic carbocycles. The molecule has 1 aromatic heterocycles. The summed E-state index contributed by atoms with van der Waals surface area (Å²) < 4.78 is 12.2. The molecule has 6 rings (SSSR count). The number of benzene rings is 3. The Morgan fingerprint density at radius 3 is 2.40 bits per heavy atom. The second kappa shape index (κ2) is 9.35. The quantitative estimate of drug-likeness (QED) is 0.300. The van der Waals surface area contributed by atoms with Gasteiger partial charge in [-0.05, 0) is 73.2 Å². The molecule has 4 aromatic rings.